The van der Waals surface area contributed by atoms with Gasteiger partial charge in [-0.15, -0.1) is 0 Å². The predicted molar refractivity (Wildman–Crippen MR) is 78.3 cm³/mol. The lowest BCUT2D eigenvalue weighted by molar-refractivity contribution is 0.338. The summed E-state index contributed by atoms with van der Waals surface area (Å²) in [5.74, 6) is 0.560. The zero-order chi connectivity index (χ0) is 13.8. The molecule has 4 heteroatoms. The zero-order valence-electron chi connectivity index (χ0n) is 11.8. The second kappa shape index (κ2) is 5.97. The third-order valence-electron chi connectivity index (χ3n) is 3.83. The average molecular weight is 259 g/mol. The summed E-state index contributed by atoms with van der Waals surface area (Å²) in [7, 11) is 1.97. The molecule has 1 aromatic carbocycles. The van der Waals surface area contributed by atoms with Gasteiger partial charge in [0.25, 0.3) is 0 Å². The monoisotopic (exact) mass is 259 g/mol. The normalized spacial score (nSPS) is 14.5. The first-order valence-electron chi connectivity index (χ1n) is 6.79. The standard InChI is InChI=1S/C15H21N3O/c1-4-11(2)13(16-3)10-18-14-8-6-5-7-12(14)15(19)9-17-18/h5-9,11,13,16H,4,10H2,1-3H3. The van der Waals surface area contributed by atoms with Crippen LogP contribution >= 0.6 is 0 Å². The molecule has 4 nitrogen and oxygen atoms in total. The van der Waals surface area contributed by atoms with Crippen molar-refractivity contribution in [3.05, 3.63) is 40.7 Å². The summed E-state index contributed by atoms with van der Waals surface area (Å²) in [6.45, 7) is 5.18. The van der Waals surface area contributed by atoms with Gasteiger partial charge in [0.1, 0.15) is 0 Å². The molecule has 2 atom stereocenters. The van der Waals surface area contributed by atoms with Crippen molar-refractivity contribution in [2.45, 2.75) is 32.9 Å². The number of nitrogens with one attached hydrogen (secondary N) is 1. The minimum Gasteiger partial charge on any atom is -0.315 e. The van der Waals surface area contributed by atoms with Gasteiger partial charge in [-0.25, -0.2) is 0 Å². The molecule has 0 aliphatic rings. The Balaban J connectivity index is 2.40. The van der Waals surface area contributed by atoms with Gasteiger partial charge in [-0.1, -0.05) is 32.4 Å². The van der Waals surface area contributed by atoms with E-state index in [1.54, 1.807) is 0 Å². The van der Waals surface area contributed by atoms with Crippen molar-refractivity contribution in [1.82, 2.24) is 15.1 Å². The van der Waals surface area contributed by atoms with Crippen molar-refractivity contribution in [3.8, 4) is 0 Å². The summed E-state index contributed by atoms with van der Waals surface area (Å²) in [4.78, 5) is 11.8. The van der Waals surface area contributed by atoms with Crippen LogP contribution in [0.1, 0.15) is 20.3 Å². The fraction of sp³-hybridized carbons (Fsp3) is 0.467. The van der Waals surface area contributed by atoms with Gasteiger partial charge in [0.2, 0.25) is 5.43 Å². The molecule has 0 fully saturated rings. The topological polar surface area (TPSA) is 46.9 Å². The maximum Gasteiger partial charge on any atom is 0.207 e. The Labute approximate surface area is 113 Å². The van der Waals surface area contributed by atoms with Gasteiger partial charge < -0.3 is 5.32 Å². The van der Waals surface area contributed by atoms with E-state index in [2.05, 4.69) is 24.3 Å². The van der Waals surface area contributed by atoms with E-state index in [0.717, 1.165) is 23.9 Å². The van der Waals surface area contributed by atoms with E-state index < -0.39 is 0 Å². The average Bonchev–Trinajstić information content (AvgIpc) is 2.46. The molecule has 0 aliphatic heterocycles. The van der Waals surface area contributed by atoms with E-state index in [-0.39, 0.29) is 5.43 Å². The van der Waals surface area contributed by atoms with E-state index in [4.69, 9.17) is 0 Å². The smallest absolute Gasteiger partial charge is 0.207 e. The van der Waals surface area contributed by atoms with Crippen LogP contribution in [-0.2, 0) is 6.54 Å². The van der Waals surface area contributed by atoms with Gasteiger partial charge >= 0.3 is 0 Å². The van der Waals surface area contributed by atoms with Crippen LogP contribution in [0, 0.1) is 5.92 Å². The molecule has 0 saturated heterocycles. The molecule has 2 unspecified atom stereocenters. The largest absolute Gasteiger partial charge is 0.315 e. The van der Waals surface area contributed by atoms with Crippen LogP contribution in [0.5, 0.6) is 0 Å². The Morgan fingerprint density at radius 3 is 2.79 bits per heavy atom. The lowest BCUT2D eigenvalue weighted by Crippen LogP contribution is -2.37. The van der Waals surface area contributed by atoms with Crippen LogP contribution in [0.3, 0.4) is 0 Å². The molecule has 19 heavy (non-hydrogen) atoms. The molecule has 2 aromatic rings. The lowest BCUT2D eigenvalue weighted by atomic mass is 9.99. The predicted octanol–water partition coefficient (Wildman–Crippen LogP) is 2.03. The zero-order valence-corrected chi connectivity index (χ0v) is 11.8. The highest BCUT2D eigenvalue weighted by Crippen LogP contribution is 2.13. The highest BCUT2D eigenvalue weighted by Gasteiger charge is 2.15. The van der Waals surface area contributed by atoms with Crippen LogP contribution in [0.2, 0.25) is 0 Å². The van der Waals surface area contributed by atoms with Crippen molar-refractivity contribution in [1.29, 1.82) is 0 Å². The van der Waals surface area contributed by atoms with Crippen molar-refractivity contribution >= 4 is 10.9 Å². The number of rotatable bonds is 5. The van der Waals surface area contributed by atoms with Gasteiger partial charge in [0, 0.05) is 11.4 Å². The molecule has 0 radical (unpaired) electrons. The lowest BCUT2D eigenvalue weighted by Gasteiger charge is -2.23. The highest BCUT2D eigenvalue weighted by atomic mass is 16.1. The number of para-hydroxylation sites is 1. The number of hydrogen-bond donors (Lipinski definition) is 1. The highest BCUT2D eigenvalue weighted by molar-refractivity contribution is 5.77. The first-order valence-corrected chi connectivity index (χ1v) is 6.79. The van der Waals surface area contributed by atoms with Crippen LogP contribution in [0.4, 0.5) is 0 Å². The minimum atomic E-state index is -0.0172. The summed E-state index contributed by atoms with van der Waals surface area (Å²) >= 11 is 0. The first-order chi connectivity index (χ1) is 9.17. The maximum absolute atomic E-state index is 11.8. The molecule has 0 saturated carbocycles. The number of benzene rings is 1. The Hall–Kier alpha value is -1.68. The molecule has 0 aliphatic carbocycles. The third-order valence-corrected chi connectivity index (χ3v) is 3.83. The number of aromatic nitrogens is 2. The summed E-state index contributed by atoms with van der Waals surface area (Å²) in [6.07, 6.45) is 2.52. The molecular formula is C15H21N3O. The van der Waals surface area contributed by atoms with Crippen molar-refractivity contribution in [3.63, 3.8) is 0 Å². The van der Waals surface area contributed by atoms with Crippen LogP contribution in [0.15, 0.2) is 35.3 Å². The van der Waals surface area contributed by atoms with Crippen molar-refractivity contribution in [2.75, 3.05) is 7.05 Å². The van der Waals surface area contributed by atoms with E-state index in [1.165, 1.54) is 6.20 Å². The third kappa shape index (κ3) is 2.84. The number of likely N-dealkylation sites (N-methyl/N-ethyl adjacent to an activating group) is 1. The van der Waals surface area contributed by atoms with Crippen molar-refractivity contribution < 1.29 is 0 Å². The van der Waals surface area contributed by atoms with Crippen molar-refractivity contribution in [2.24, 2.45) is 5.92 Å². The molecule has 0 spiro atoms. The minimum absolute atomic E-state index is 0.0172. The number of hydrogen-bond acceptors (Lipinski definition) is 3. The molecule has 1 heterocycles. The van der Waals surface area contributed by atoms with Gasteiger partial charge in [-0.05, 0) is 25.1 Å². The van der Waals surface area contributed by atoms with E-state index in [0.29, 0.717) is 12.0 Å². The maximum atomic E-state index is 11.8. The van der Waals surface area contributed by atoms with Gasteiger partial charge in [0.15, 0.2) is 0 Å². The van der Waals surface area contributed by atoms with E-state index in [9.17, 15) is 4.79 Å². The molecular weight excluding hydrogens is 238 g/mol. The fourth-order valence-electron chi connectivity index (χ4n) is 2.33. The Bertz CT molecular complexity index is 606. The van der Waals surface area contributed by atoms with Gasteiger partial charge in [-0.2, -0.15) is 5.10 Å². The number of fused-ring (bicyclic) bond motifs is 1. The molecule has 0 amide bonds. The molecule has 2 rings (SSSR count). The van der Waals surface area contributed by atoms with Gasteiger partial charge in [0.05, 0.1) is 18.3 Å². The molecule has 1 aromatic heterocycles. The van der Waals surface area contributed by atoms with E-state index >= 15 is 0 Å². The second-order valence-corrected chi connectivity index (χ2v) is 4.99. The Kier molecular flexibility index (Phi) is 4.32. The van der Waals surface area contributed by atoms with Gasteiger partial charge in [-0.3, -0.25) is 9.48 Å². The molecule has 1 N–H and O–H groups in total. The summed E-state index contributed by atoms with van der Waals surface area (Å²) in [5.41, 5.74) is 0.884. The first kappa shape index (κ1) is 13.7. The summed E-state index contributed by atoms with van der Waals surface area (Å²) < 4.78 is 1.92. The summed E-state index contributed by atoms with van der Waals surface area (Å²) in [5, 5.41) is 8.35. The fourth-order valence-corrected chi connectivity index (χ4v) is 2.33. The Morgan fingerprint density at radius 1 is 1.37 bits per heavy atom. The quantitative estimate of drug-likeness (QED) is 0.893. The van der Waals surface area contributed by atoms with Crippen LogP contribution in [-0.4, -0.2) is 22.9 Å². The van der Waals surface area contributed by atoms with Crippen LogP contribution in [0.25, 0.3) is 10.9 Å². The number of nitrogens with zero attached hydrogens (tertiary/aromatic N) is 2. The SMILES string of the molecule is CCC(C)C(Cn1ncc(=O)c2ccccc21)NC. The summed E-state index contributed by atoms with van der Waals surface area (Å²) in [6, 6.07) is 7.99. The Morgan fingerprint density at radius 2 is 2.11 bits per heavy atom. The molecule has 0 bridgehead atoms. The molecule has 102 valence electrons. The van der Waals surface area contributed by atoms with E-state index in [1.807, 2.05) is 36.0 Å². The second-order valence-electron chi connectivity index (χ2n) is 4.99. The van der Waals surface area contributed by atoms with Crippen LogP contribution < -0.4 is 10.7 Å².